The number of hydroxylamine groups is 1. The van der Waals surface area contributed by atoms with Gasteiger partial charge in [0, 0.05) is 5.70 Å². The van der Waals surface area contributed by atoms with E-state index in [9.17, 15) is 9.59 Å². The molecule has 1 aliphatic heterocycles. The van der Waals surface area contributed by atoms with Gasteiger partial charge in [-0.05, 0) is 19.9 Å². The number of ketones is 1. The molecule has 1 fully saturated rings. The van der Waals surface area contributed by atoms with Crippen LogP contribution in [0.15, 0.2) is 11.8 Å². The molecule has 1 aliphatic rings. The second-order valence-corrected chi connectivity index (χ2v) is 2.91. The van der Waals surface area contributed by atoms with Crippen molar-refractivity contribution in [1.82, 2.24) is 10.8 Å². The van der Waals surface area contributed by atoms with Gasteiger partial charge in [-0.25, -0.2) is 5.48 Å². The zero-order valence-electron chi connectivity index (χ0n) is 7.59. The molecule has 0 saturated carbocycles. The highest BCUT2D eigenvalue weighted by Crippen LogP contribution is 1.98. The van der Waals surface area contributed by atoms with Gasteiger partial charge in [-0.3, -0.25) is 14.4 Å². The Morgan fingerprint density at radius 2 is 2.38 bits per heavy atom. The second kappa shape index (κ2) is 4.04. The molecule has 2 N–H and O–H groups in total. The Labute approximate surface area is 76.1 Å². The molecule has 5 nitrogen and oxygen atoms in total. The quantitative estimate of drug-likeness (QED) is 0.580. The van der Waals surface area contributed by atoms with Gasteiger partial charge in [0.05, 0.1) is 0 Å². The fourth-order valence-corrected chi connectivity index (χ4v) is 1.07. The van der Waals surface area contributed by atoms with Crippen LogP contribution < -0.4 is 10.8 Å². The van der Waals surface area contributed by atoms with Crippen molar-refractivity contribution < 1.29 is 14.4 Å². The van der Waals surface area contributed by atoms with E-state index in [-0.39, 0.29) is 18.3 Å². The van der Waals surface area contributed by atoms with Crippen molar-refractivity contribution in [3.8, 4) is 0 Å². The molecule has 0 bridgehead atoms. The smallest absolute Gasteiger partial charge is 0.268 e. The standard InChI is InChI=1S/C8H12N2O3/c1-5(3-6(2)11)9-7-4-13-10-8(7)12/h3,7,9H,4H2,1-2H3,(H,10,12)/b5-3+/t7-/m1/s1. The van der Waals surface area contributed by atoms with E-state index in [1.807, 2.05) is 0 Å². The van der Waals surface area contributed by atoms with Crippen molar-refractivity contribution in [2.45, 2.75) is 19.9 Å². The van der Waals surface area contributed by atoms with Gasteiger partial charge in [0.2, 0.25) is 0 Å². The lowest BCUT2D eigenvalue weighted by atomic mass is 10.2. The lowest BCUT2D eigenvalue weighted by molar-refractivity contribution is -0.125. The zero-order chi connectivity index (χ0) is 9.84. The number of amides is 1. The van der Waals surface area contributed by atoms with Gasteiger partial charge in [-0.15, -0.1) is 0 Å². The molecule has 0 aromatic heterocycles. The normalized spacial score (nSPS) is 22.8. The zero-order valence-corrected chi connectivity index (χ0v) is 7.59. The highest BCUT2D eigenvalue weighted by molar-refractivity contribution is 5.88. The van der Waals surface area contributed by atoms with E-state index in [1.54, 1.807) is 6.92 Å². The number of hydrogen-bond acceptors (Lipinski definition) is 4. The Balaban J connectivity index is 2.48. The van der Waals surface area contributed by atoms with Gasteiger partial charge < -0.3 is 5.32 Å². The number of carbonyl (C=O) groups excluding carboxylic acids is 2. The summed E-state index contributed by atoms with van der Waals surface area (Å²) in [6.45, 7) is 3.46. The first-order chi connectivity index (χ1) is 6.09. The van der Waals surface area contributed by atoms with Gasteiger partial charge >= 0.3 is 0 Å². The van der Waals surface area contributed by atoms with Crippen molar-refractivity contribution in [3.63, 3.8) is 0 Å². The summed E-state index contributed by atoms with van der Waals surface area (Å²) in [5, 5.41) is 2.86. The summed E-state index contributed by atoms with van der Waals surface area (Å²) in [6, 6.07) is -0.393. The van der Waals surface area contributed by atoms with Crippen LogP contribution in [-0.2, 0) is 14.4 Å². The molecule has 72 valence electrons. The van der Waals surface area contributed by atoms with E-state index in [1.165, 1.54) is 13.0 Å². The molecule has 0 aromatic rings. The lowest BCUT2D eigenvalue weighted by Gasteiger charge is -2.08. The Morgan fingerprint density at radius 1 is 1.69 bits per heavy atom. The number of allylic oxidation sites excluding steroid dienone is 2. The maximum atomic E-state index is 11.0. The summed E-state index contributed by atoms with van der Waals surface area (Å²) in [5.41, 5.74) is 2.88. The average molecular weight is 184 g/mol. The molecule has 13 heavy (non-hydrogen) atoms. The second-order valence-electron chi connectivity index (χ2n) is 2.91. The molecule has 5 heteroatoms. The predicted molar refractivity (Wildman–Crippen MR) is 45.5 cm³/mol. The highest BCUT2D eigenvalue weighted by atomic mass is 16.7. The van der Waals surface area contributed by atoms with Crippen molar-refractivity contribution in [3.05, 3.63) is 11.8 Å². The molecule has 1 amide bonds. The van der Waals surface area contributed by atoms with Gasteiger partial charge in [0.1, 0.15) is 12.6 Å². The third-order valence-corrected chi connectivity index (χ3v) is 1.56. The van der Waals surface area contributed by atoms with E-state index in [4.69, 9.17) is 4.84 Å². The Morgan fingerprint density at radius 3 is 2.85 bits per heavy atom. The first-order valence-electron chi connectivity index (χ1n) is 3.96. The van der Waals surface area contributed by atoms with Crippen LogP contribution >= 0.6 is 0 Å². The van der Waals surface area contributed by atoms with E-state index in [0.717, 1.165) is 0 Å². The maximum Gasteiger partial charge on any atom is 0.268 e. The molecular formula is C8H12N2O3. The maximum absolute atomic E-state index is 11.0. The summed E-state index contributed by atoms with van der Waals surface area (Å²) in [5.74, 6) is -0.263. The summed E-state index contributed by atoms with van der Waals surface area (Å²) in [7, 11) is 0. The van der Waals surface area contributed by atoms with Crippen LogP contribution in [0.4, 0.5) is 0 Å². The van der Waals surface area contributed by atoms with Gasteiger partial charge in [-0.2, -0.15) is 0 Å². The largest absolute Gasteiger partial charge is 0.375 e. The molecule has 1 atom stereocenters. The summed E-state index contributed by atoms with van der Waals surface area (Å²) in [6.07, 6.45) is 1.44. The molecule has 1 saturated heterocycles. The Kier molecular flexibility index (Phi) is 3.02. The molecule has 0 aromatic carbocycles. The summed E-state index contributed by atoms with van der Waals surface area (Å²) in [4.78, 5) is 26.3. The first kappa shape index (κ1) is 9.73. The van der Waals surface area contributed by atoms with Crippen LogP contribution in [0.1, 0.15) is 13.8 Å². The summed E-state index contributed by atoms with van der Waals surface area (Å²) < 4.78 is 0. The van der Waals surface area contributed by atoms with Crippen LogP contribution in [0, 0.1) is 0 Å². The summed E-state index contributed by atoms with van der Waals surface area (Å²) >= 11 is 0. The fourth-order valence-electron chi connectivity index (χ4n) is 1.07. The minimum atomic E-state index is -0.393. The third-order valence-electron chi connectivity index (χ3n) is 1.56. The molecule has 0 unspecified atom stereocenters. The minimum Gasteiger partial charge on any atom is -0.375 e. The van der Waals surface area contributed by atoms with Gasteiger partial charge in [0.25, 0.3) is 5.91 Å². The SMILES string of the molecule is CC(=O)/C=C(\C)N[C@@H]1CONC1=O. The van der Waals surface area contributed by atoms with Crippen molar-refractivity contribution >= 4 is 11.7 Å². The van der Waals surface area contributed by atoms with Crippen LogP contribution in [0.3, 0.4) is 0 Å². The number of carbonyl (C=O) groups is 2. The fraction of sp³-hybridized carbons (Fsp3) is 0.500. The molecule has 0 aliphatic carbocycles. The topological polar surface area (TPSA) is 67.4 Å². The van der Waals surface area contributed by atoms with E-state index in [2.05, 4.69) is 10.8 Å². The van der Waals surface area contributed by atoms with E-state index < -0.39 is 6.04 Å². The van der Waals surface area contributed by atoms with E-state index in [0.29, 0.717) is 5.70 Å². The molecule has 1 rings (SSSR count). The van der Waals surface area contributed by atoms with Crippen molar-refractivity contribution in [2.24, 2.45) is 0 Å². The Bertz CT molecular complexity index is 260. The molecule has 1 heterocycles. The van der Waals surface area contributed by atoms with Crippen molar-refractivity contribution in [1.29, 1.82) is 0 Å². The van der Waals surface area contributed by atoms with Crippen LogP contribution in [-0.4, -0.2) is 24.3 Å². The van der Waals surface area contributed by atoms with Crippen LogP contribution in [0.5, 0.6) is 0 Å². The van der Waals surface area contributed by atoms with Gasteiger partial charge in [0.15, 0.2) is 5.78 Å². The monoisotopic (exact) mass is 184 g/mol. The van der Waals surface area contributed by atoms with Gasteiger partial charge in [-0.1, -0.05) is 0 Å². The third kappa shape index (κ3) is 2.87. The van der Waals surface area contributed by atoms with Crippen LogP contribution in [0.2, 0.25) is 0 Å². The number of rotatable bonds is 3. The lowest BCUT2D eigenvalue weighted by Crippen LogP contribution is -2.36. The van der Waals surface area contributed by atoms with Crippen LogP contribution in [0.25, 0.3) is 0 Å². The Hall–Kier alpha value is -1.36. The number of hydrogen-bond donors (Lipinski definition) is 2. The highest BCUT2D eigenvalue weighted by Gasteiger charge is 2.24. The minimum absolute atomic E-state index is 0.0516. The van der Waals surface area contributed by atoms with Crippen molar-refractivity contribution in [2.75, 3.05) is 6.61 Å². The first-order valence-corrected chi connectivity index (χ1v) is 3.96. The predicted octanol–water partition coefficient (Wildman–Crippen LogP) is -0.501. The van der Waals surface area contributed by atoms with E-state index >= 15 is 0 Å². The molecule has 0 spiro atoms. The molecular weight excluding hydrogens is 172 g/mol. The number of nitrogens with one attached hydrogen (secondary N) is 2. The molecule has 0 radical (unpaired) electrons. The average Bonchev–Trinajstić information content (AvgIpc) is 2.34.